The molecule has 0 spiro atoms. The third-order valence-corrected chi connectivity index (χ3v) is 5.99. The second kappa shape index (κ2) is 17.6. The van der Waals surface area contributed by atoms with Crippen molar-refractivity contribution in [3.8, 4) is 0 Å². The van der Waals surface area contributed by atoms with Gasteiger partial charge in [0.1, 0.15) is 6.23 Å². The van der Waals surface area contributed by atoms with E-state index in [1.54, 1.807) is 0 Å². The molecule has 0 radical (unpaired) electrons. The van der Waals surface area contributed by atoms with Gasteiger partial charge in [-0.05, 0) is 37.6 Å². The van der Waals surface area contributed by atoms with Gasteiger partial charge in [-0.2, -0.15) is 0 Å². The molecule has 1 fully saturated rings. The van der Waals surface area contributed by atoms with Gasteiger partial charge in [0.15, 0.2) is 0 Å². The van der Waals surface area contributed by atoms with Crippen LogP contribution in [-0.4, -0.2) is 35.9 Å². The molecular weight excluding hydrogens is 367 g/mol. The number of aliphatic hydroxyl groups is 1. The predicted octanol–water partition coefficient (Wildman–Crippen LogP) is 5.91. The number of rotatable bonds is 14. The van der Waals surface area contributed by atoms with Gasteiger partial charge in [0.2, 0.25) is 0 Å². The average molecular weight is 414 g/mol. The minimum absolute atomic E-state index is 0. The van der Waals surface area contributed by atoms with Gasteiger partial charge < -0.3 is 10.8 Å². The van der Waals surface area contributed by atoms with Crippen molar-refractivity contribution in [3.63, 3.8) is 0 Å². The highest BCUT2D eigenvalue weighted by molar-refractivity contribution is 5.85. The summed E-state index contributed by atoms with van der Waals surface area (Å²) in [7, 11) is 0. The van der Waals surface area contributed by atoms with Gasteiger partial charge in [-0.1, -0.05) is 78.1 Å². The summed E-state index contributed by atoms with van der Waals surface area (Å²) in [4.78, 5) is 2.26. The fourth-order valence-corrected chi connectivity index (χ4v) is 3.74. The van der Waals surface area contributed by atoms with Gasteiger partial charge >= 0.3 is 0 Å². The van der Waals surface area contributed by atoms with E-state index in [0.717, 1.165) is 38.9 Å². The minimum atomic E-state index is -0.231. The van der Waals surface area contributed by atoms with E-state index in [9.17, 15) is 5.11 Å². The van der Waals surface area contributed by atoms with Gasteiger partial charge in [0, 0.05) is 13.1 Å². The number of unbranched alkanes of at least 4 members (excludes halogenated alkanes) is 10. The molecule has 1 heterocycles. The molecular formula is C21H46Cl2N2O. The van der Waals surface area contributed by atoms with Crippen molar-refractivity contribution in [1.82, 2.24) is 4.90 Å². The van der Waals surface area contributed by atoms with E-state index >= 15 is 0 Å². The number of halogens is 2. The van der Waals surface area contributed by atoms with Crippen molar-refractivity contribution in [2.45, 2.75) is 110 Å². The van der Waals surface area contributed by atoms with Crippen molar-refractivity contribution in [2.75, 3.05) is 19.6 Å². The Labute approximate surface area is 175 Å². The molecule has 0 amide bonds. The Hall–Kier alpha value is 0.460. The molecule has 1 aliphatic rings. The van der Waals surface area contributed by atoms with Crippen molar-refractivity contribution in [1.29, 1.82) is 0 Å². The first-order valence-corrected chi connectivity index (χ1v) is 10.7. The molecule has 1 unspecified atom stereocenters. The second-order valence-electron chi connectivity index (χ2n) is 8.36. The van der Waals surface area contributed by atoms with Crippen LogP contribution in [0.5, 0.6) is 0 Å². The minimum Gasteiger partial charge on any atom is -0.378 e. The Morgan fingerprint density at radius 3 is 1.69 bits per heavy atom. The Kier molecular flexibility index (Phi) is 19.4. The van der Waals surface area contributed by atoms with E-state index in [-0.39, 0.29) is 31.0 Å². The summed E-state index contributed by atoms with van der Waals surface area (Å²) < 4.78 is 0. The molecule has 1 saturated heterocycles. The van der Waals surface area contributed by atoms with Crippen molar-refractivity contribution < 1.29 is 5.11 Å². The van der Waals surface area contributed by atoms with E-state index in [2.05, 4.69) is 18.7 Å². The number of nitrogens with two attached hydrogens (primary N) is 1. The number of likely N-dealkylation sites (tertiary alicyclic amines) is 1. The molecule has 1 rings (SSSR count). The van der Waals surface area contributed by atoms with E-state index in [1.807, 2.05) is 0 Å². The van der Waals surface area contributed by atoms with Crippen LogP contribution in [0.1, 0.15) is 104 Å². The molecule has 0 aromatic carbocycles. The topological polar surface area (TPSA) is 49.5 Å². The lowest BCUT2D eigenvalue weighted by Crippen LogP contribution is -2.46. The number of aliphatic hydroxyl groups excluding tert-OH is 1. The maximum absolute atomic E-state index is 10.4. The smallest absolute Gasteiger partial charge is 0.107 e. The molecule has 3 nitrogen and oxygen atoms in total. The molecule has 0 aromatic rings. The molecule has 0 saturated carbocycles. The van der Waals surface area contributed by atoms with Gasteiger partial charge in [0.05, 0.1) is 0 Å². The van der Waals surface area contributed by atoms with E-state index in [4.69, 9.17) is 5.73 Å². The average Bonchev–Trinajstić information content (AvgIpc) is 2.60. The molecule has 0 aromatic heterocycles. The van der Waals surface area contributed by atoms with Crippen LogP contribution in [0.25, 0.3) is 0 Å². The molecule has 0 bridgehead atoms. The summed E-state index contributed by atoms with van der Waals surface area (Å²) >= 11 is 0. The summed E-state index contributed by atoms with van der Waals surface area (Å²) in [6.07, 6.45) is 18.0. The molecule has 0 aliphatic carbocycles. The standard InChI is InChI=1S/C21H44N2O.2ClH/c1-3-4-5-6-7-8-9-10-11-12-13-14-20(24)23-17-15-21(2,19-22)16-18-23;;/h20,24H,3-19,22H2,1-2H3;2*1H. The highest BCUT2D eigenvalue weighted by Crippen LogP contribution is 2.30. The summed E-state index contributed by atoms with van der Waals surface area (Å²) in [5.41, 5.74) is 6.15. The van der Waals surface area contributed by atoms with Crippen LogP contribution in [0, 0.1) is 5.41 Å². The lowest BCUT2D eigenvalue weighted by molar-refractivity contribution is -0.0355. The first-order valence-electron chi connectivity index (χ1n) is 10.7. The fraction of sp³-hybridized carbons (Fsp3) is 1.00. The van der Waals surface area contributed by atoms with Gasteiger partial charge in [0.25, 0.3) is 0 Å². The zero-order chi connectivity index (χ0) is 17.7. The zero-order valence-electron chi connectivity index (χ0n) is 17.4. The maximum Gasteiger partial charge on any atom is 0.107 e. The van der Waals surface area contributed by atoms with Crippen LogP contribution in [0.15, 0.2) is 0 Å². The Morgan fingerprint density at radius 1 is 0.846 bits per heavy atom. The third kappa shape index (κ3) is 12.8. The van der Waals surface area contributed by atoms with Gasteiger partial charge in [-0.25, -0.2) is 0 Å². The summed E-state index contributed by atoms with van der Waals surface area (Å²) in [5, 5.41) is 10.4. The number of hydrogen-bond acceptors (Lipinski definition) is 3. The maximum atomic E-state index is 10.4. The molecule has 3 N–H and O–H groups in total. The lowest BCUT2D eigenvalue weighted by Gasteiger charge is -2.40. The third-order valence-electron chi connectivity index (χ3n) is 5.99. The SMILES string of the molecule is CCCCCCCCCCCCCC(O)N1CCC(C)(CN)CC1.Cl.Cl. The Bertz CT molecular complexity index is 298. The van der Waals surface area contributed by atoms with Crippen molar-refractivity contribution in [3.05, 3.63) is 0 Å². The predicted molar refractivity (Wildman–Crippen MR) is 120 cm³/mol. The van der Waals surface area contributed by atoms with Gasteiger partial charge in [-0.3, -0.25) is 4.90 Å². The van der Waals surface area contributed by atoms with E-state index in [1.165, 1.54) is 70.6 Å². The molecule has 1 atom stereocenters. The van der Waals surface area contributed by atoms with Crippen molar-refractivity contribution in [2.24, 2.45) is 11.1 Å². The number of nitrogens with zero attached hydrogens (tertiary/aromatic N) is 1. The van der Waals surface area contributed by atoms with Crippen molar-refractivity contribution >= 4 is 24.8 Å². The van der Waals surface area contributed by atoms with Crippen LogP contribution in [0.4, 0.5) is 0 Å². The second-order valence-corrected chi connectivity index (χ2v) is 8.36. The van der Waals surface area contributed by atoms with Crippen LogP contribution in [0.3, 0.4) is 0 Å². The summed E-state index contributed by atoms with van der Waals surface area (Å²) in [6, 6.07) is 0. The normalized spacial score (nSPS) is 18.0. The lowest BCUT2D eigenvalue weighted by atomic mass is 9.80. The van der Waals surface area contributed by atoms with Crippen LogP contribution in [0.2, 0.25) is 0 Å². The fourth-order valence-electron chi connectivity index (χ4n) is 3.74. The summed E-state index contributed by atoms with van der Waals surface area (Å²) in [5.74, 6) is 0. The van der Waals surface area contributed by atoms with Gasteiger partial charge in [-0.15, -0.1) is 24.8 Å². The quantitative estimate of drug-likeness (QED) is 0.348. The first kappa shape index (κ1) is 28.7. The van der Waals surface area contributed by atoms with E-state index < -0.39 is 0 Å². The Balaban J connectivity index is 0. The zero-order valence-corrected chi connectivity index (χ0v) is 19.0. The molecule has 26 heavy (non-hydrogen) atoms. The summed E-state index contributed by atoms with van der Waals surface area (Å²) in [6.45, 7) is 7.34. The highest BCUT2D eigenvalue weighted by atomic mass is 35.5. The van der Waals surface area contributed by atoms with Crippen LogP contribution in [-0.2, 0) is 0 Å². The monoisotopic (exact) mass is 412 g/mol. The van der Waals surface area contributed by atoms with E-state index in [0.29, 0.717) is 5.41 Å². The largest absolute Gasteiger partial charge is 0.378 e. The molecule has 160 valence electrons. The van der Waals surface area contributed by atoms with Crippen LogP contribution >= 0.6 is 24.8 Å². The Morgan fingerprint density at radius 2 is 1.27 bits per heavy atom. The van der Waals surface area contributed by atoms with Crippen LogP contribution < -0.4 is 5.73 Å². The molecule has 5 heteroatoms. The first-order chi connectivity index (χ1) is 11.6. The number of hydrogen-bond donors (Lipinski definition) is 2. The number of piperidine rings is 1. The molecule has 1 aliphatic heterocycles. The highest BCUT2D eigenvalue weighted by Gasteiger charge is 2.30.